The number of rotatable bonds is 3. The SMILES string of the molecule is CC1CC(NC(=O)Nc2cc(Cl)ccc2C(=O)O)C1. The van der Waals surface area contributed by atoms with Crippen LogP contribution in [-0.4, -0.2) is 23.1 Å². The molecule has 1 aromatic rings. The number of halogens is 1. The molecule has 0 radical (unpaired) electrons. The molecule has 2 amide bonds. The third-order valence-corrected chi connectivity index (χ3v) is 3.40. The molecular formula is C13H15ClN2O3. The van der Waals surface area contributed by atoms with E-state index in [1.54, 1.807) is 0 Å². The maximum atomic E-state index is 11.8. The molecule has 0 saturated heterocycles. The Hall–Kier alpha value is -1.75. The minimum atomic E-state index is -1.11. The summed E-state index contributed by atoms with van der Waals surface area (Å²) in [5.74, 6) is -0.477. The van der Waals surface area contributed by atoms with Crippen molar-refractivity contribution in [1.29, 1.82) is 0 Å². The standard InChI is InChI=1S/C13H15ClN2O3/c1-7-4-9(5-7)15-13(19)16-11-6-8(14)2-3-10(11)12(17)18/h2-3,6-7,9H,4-5H2,1H3,(H,17,18)(H2,15,16,19). The Balaban J connectivity index is 2.03. The number of benzene rings is 1. The van der Waals surface area contributed by atoms with E-state index in [2.05, 4.69) is 17.6 Å². The van der Waals surface area contributed by atoms with E-state index in [0.29, 0.717) is 10.9 Å². The molecule has 0 unspecified atom stereocenters. The summed E-state index contributed by atoms with van der Waals surface area (Å²) in [4.78, 5) is 22.8. The molecule has 102 valence electrons. The van der Waals surface area contributed by atoms with Gasteiger partial charge in [0.05, 0.1) is 11.3 Å². The van der Waals surface area contributed by atoms with Gasteiger partial charge in [0, 0.05) is 11.1 Å². The van der Waals surface area contributed by atoms with E-state index in [1.807, 2.05) is 0 Å². The normalized spacial score (nSPS) is 21.4. The lowest BCUT2D eigenvalue weighted by Crippen LogP contribution is -2.45. The molecule has 0 bridgehead atoms. The number of carbonyl (C=O) groups excluding carboxylic acids is 1. The Bertz CT molecular complexity index is 513. The third-order valence-electron chi connectivity index (χ3n) is 3.17. The molecule has 0 atom stereocenters. The molecule has 0 heterocycles. The Kier molecular flexibility index (Phi) is 3.95. The molecule has 1 fully saturated rings. The molecule has 3 N–H and O–H groups in total. The quantitative estimate of drug-likeness (QED) is 0.797. The van der Waals surface area contributed by atoms with Crippen molar-refractivity contribution in [3.05, 3.63) is 28.8 Å². The van der Waals surface area contributed by atoms with E-state index in [0.717, 1.165) is 12.8 Å². The summed E-state index contributed by atoms with van der Waals surface area (Å²) in [5, 5.41) is 14.7. The van der Waals surface area contributed by atoms with Crippen LogP contribution in [-0.2, 0) is 0 Å². The summed E-state index contributed by atoms with van der Waals surface area (Å²) in [5.41, 5.74) is 0.214. The molecule has 19 heavy (non-hydrogen) atoms. The summed E-state index contributed by atoms with van der Waals surface area (Å²) < 4.78 is 0. The summed E-state index contributed by atoms with van der Waals surface area (Å²) >= 11 is 5.80. The van der Waals surface area contributed by atoms with Gasteiger partial charge in [-0.3, -0.25) is 0 Å². The van der Waals surface area contributed by atoms with Gasteiger partial charge in [-0.1, -0.05) is 18.5 Å². The van der Waals surface area contributed by atoms with Crippen molar-refractivity contribution in [2.45, 2.75) is 25.8 Å². The van der Waals surface area contributed by atoms with Crippen molar-refractivity contribution in [3.63, 3.8) is 0 Å². The van der Waals surface area contributed by atoms with Crippen LogP contribution in [0.4, 0.5) is 10.5 Å². The van der Waals surface area contributed by atoms with Gasteiger partial charge in [-0.25, -0.2) is 9.59 Å². The number of aromatic carboxylic acids is 1. The predicted octanol–water partition coefficient (Wildman–Crippen LogP) is 2.96. The van der Waals surface area contributed by atoms with Crippen molar-refractivity contribution in [2.75, 3.05) is 5.32 Å². The summed E-state index contributed by atoms with van der Waals surface area (Å²) in [6.07, 6.45) is 1.91. The van der Waals surface area contributed by atoms with Gasteiger partial charge in [-0.15, -0.1) is 0 Å². The zero-order chi connectivity index (χ0) is 14.0. The van der Waals surface area contributed by atoms with Crippen molar-refractivity contribution >= 4 is 29.3 Å². The Morgan fingerprint density at radius 3 is 2.63 bits per heavy atom. The number of hydrogen-bond acceptors (Lipinski definition) is 2. The van der Waals surface area contributed by atoms with Crippen molar-refractivity contribution in [1.82, 2.24) is 5.32 Å². The largest absolute Gasteiger partial charge is 0.478 e. The summed E-state index contributed by atoms with van der Waals surface area (Å²) in [6, 6.07) is 4.03. The number of amides is 2. The minimum Gasteiger partial charge on any atom is -0.478 e. The van der Waals surface area contributed by atoms with Crippen LogP contribution in [0.1, 0.15) is 30.1 Å². The van der Waals surface area contributed by atoms with E-state index in [-0.39, 0.29) is 17.3 Å². The molecule has 1 saturated carbocycles. The number of carboxylic acids is 1. The highest BCUT2D eigenvalue weighted by molar-refractivity contribution is 6.31. The minimum absolute atomic E-state index is 0.0153. The van der Waals surface area contributed by atoms with Crippen LogP contribution in [0.15, 0.2) is 18.2 Å². The zero-order valence-corrected chi connectivity index (χ0v) is 11.2. The second-order valence-corrected chi connectivity index (χ2v) is 5.30. The monoisotopic (exact) mass is 282 g/mol. The van der Waals surface area contributed by atoms with Crippen molar-refractivity contribution in [3.8, 4) is 0 Å². The molecule has 1 aromatic carbocycles. The van der Waals surface area contributed by atoms with Crippen LogP contribution >= 0.6 is 11.6 Å². The molecule has 6 heteroatoms. The van der Waals surface area contributed by atoms with Crippen LogP contribution in [0.3, 0.4) is 0 Å². The lowest BCUT2D eigenvalue weighted by atomic mass is 9.82. The third kappa shape index (κ3) is 3.38. The lowest BCUT2D eigenvalue weighted by Gasteiger charge is -2.33. The number of hydrogen-bond donors (Lipinski definition) is 3. The van der Waals surface area contributed by atoms with E-state index < -0.39 is 12.0 Å². The highest BCUT2D eigenvalue weighted by Crippen LogP contribution is 2.26. The number of anilines is 1. The Morgan fingerprint density at radius 2 is 2.05 bits per heavy atom. The van der Waals surface area contributed by atoms with Gasteiger partial charge < -0.3 is 15.7 Å². The molecule has 5 nitrogen and oxygen atoms in total. The first kappa shape index (κ1) is 13.7. The number of nitrogens with one attached hydrogen (secondary N) is 2. The fourth-order valence-electron chi connectivity index (χ4n) is 2.17. The predicted molar refractivity (Wildman–Crippen MR) is 72.8 cm³/mol. The van der Waals surface area contributed by atoms with Gasteiger partial charge in [0.15, 0.2) is 0 Å². The van der Waals surface area contributed by atoms with Gasteiger partial charge in [0.1, 0.15) is 0 Å². The first-order valence-electron chi connectivity index (χ1n) is 6.06. The van der Waals surface area contributed by atoms with Crippen molar-refractivity contribution < 1.29 is 14.7 Å². The van der Waals surface area contributed by atoms with Gasteiger partial charge in [0.25, 0.3) is 0 Å². The van der Waals surface area contributed by atoms with Crippen LogP contribution in [0.2, 0.25) is 5.02 Å². The number of urea groups is 1. The fraction of sp³-hybridized carbons (Fsp3) is 0.385. The van der Waals surface area contributed by atoms with Crippen LogP contribution in [0.25, 0.3) is 0 Å². The summed E-state index contributed by atoms with van der Waals surface area (Å²) in [7, 11) is 0. The van der Waals surface area contributed by atoms with Gasteiger partial charge in [-0.05, 0) is 37.0 Å². The van der Waals surface area contributed by atoms with E-state index >= 15 is 0 Å². The second-order valence-electron chi connectivity index (χ2n) is 4.87. The molecule has 1 aliphatic rings. The lowest BCUT2D eigenvalue weighted by molar-refractivity contribution is 0.0698. The first-order chi connectivity index (χ1) is 8.95. The smallest absolute Gasteiger partial charge is 0.337 e. The molecule has 0 spiro atoms. The van der Waals surface area contributed by atoms with Crippen LogP contribution in [0.5, 0.6) is 0 Å². The second kappa shape index (κ2) is 5.48. The van der Waals surface area contributed by atoms with E-state index in [9.17, 15) is 9.59 Å². The van der Waals surface area contributed by atoms with Gasteiger partial charge >= 0.3 is 12.0 Å². The Labute approximate surface area is 116 Å². The van der Waals surface area contributed by atoms with E-state index in [1.165, 1.54) is 18.2 Å². The Morgan fingerprint density at radius 1 is 1.37 bits per heavy atom. The topological polar surface area (TPSA) is 78.4 Å². The van der Waals surface area contributed by atoms with Gasteiger partial charge in [0.2, 0.25) is 0 Å². The average Bonchev–Trinajstić information content (AvgIpc) is 2.26. The van der Waals surface area contributed by atoms with Gasteiger partial charge in [-0.2, -0.15) is 0 Å². The average molecular weight is 283 g/mol. The van der Waals surface area contributed by atoms with Crippen LogP contribution in [0, 0.1) is 5.92 Å². The highest BCUT2D eigenvalue weighted by Gasteiger charge is 2.26. The maximum absolute atomic E-state index is 11.8. The molecule has 0 aliphatic heterocycles. The molecule has 1 aliphatic carbocycles. The molecule has 0 aromatic heterocycles. The molecule has 2 rings (SSSR count). The number of carbonyl (C=O) groups is 2. The summed E-state index contributed by atoms with van der Waals surface area (Å²) in [6.45, 7) is 2.12. The first-order valence-corrected chi connectivity index (χ1v) is 6.44. The highest BCUT2D eigenvalue weighted by atomic mass is 35.5. The van der Waals surface area contributed by atoms with Crippen molar-refractivity contribution in [2.24, 2.45) is 5.92 Å². The fourth-order valence-corrected chi connectivity index (χ4v) is 2.34. The number of carboxylic acid groups (broad SMARTS) is 1. The zero-order valence-electron chi connectivity index (χ0n) is 10.4. The maximum Gasteiger partial charge on any atom is 0.337 e. The molecular weight excluding hydrogens is 268 g/mol. The van der Waals surface area contributed by atoms with Crippen LogP contribution < -0.4 is 10.6 Å². The van der Waals surface area contributed by atoms with E-state index in [4.69, 9.17) is 16.7 Å².